The van der Waals surface area contributed by atoms with Crippen LogP contribution in [0.1, 0.15) is 49.4 Å². The average molecular weight is 497 g/mol. The summed E-state index contributed by atoms with van der Waals surface area (Å²) in [4.78, 5) is 38.6. The number of esters is 2. The summed E-state index contributed by atoms with van der Waals surface area (Å²) < 4.78 is 11.4. The van der Waals surface area contributed by atoms with E-state index in [-0.39, 0.29) is 24.8 Å². The van der Waals surface area contributed by atoms with Crippen molar-refractivity contribution in [2.45, 2.75) is 52.9 Å². The van der Waals surface area contributed by atoms with E-state index in [9.17, 15) is 9.59 Å². The number of carboxylic acid groups (broad SMARTS) is 1. The molecule has 0 spiro atoms. The van der Waals surface area contributed by atoms with Crippen LogP contribution >= 0.6 is 0 Å². The third-order valence-corrected chi connectivity index (χ3v) is 5.76. The Labute approximate surface area is 212 Å². The summed E-state index contributed by atoms with van der Waals surface area (Å²) in [6.07, 6.45) is 2.97. The molecule has 1 aromatic heterocycles. The van der Waals surface area contributed by atoms with Crippen molar-refractivity contribution in [1.82, 2.24) is 9.88 Å². The molecule has 0 fully saturated rings. The number of likely N-dealkylation sites (N-methyl/N-ethyl adjacent to an activating group) is 1. The van der Waals surface area contributed by atoms with Crippen LogP contribution in [-0.2, 0) is 26.2 Å². The third kappa shape index (κ3) is 7.42. The molecule has 0 saturated carbocycles. The Kier molecular flexibility index (Phi) is 9.81. The number of H-pyrrole nitrogens is 1. The molecule has 3 rings (SSSR count). The highest BCUT2D eigenvalue weighted by Gasteiger charge is 2.31. The summed E-state index contributed by atoms with van der Waals surface area (Å²) in [6.45, 7) is 9.90. The van der Waals surface area contributed by atoms with Crippen LogP contribution in [0.4, 0.5) is 0 Å². The molecule has 0 unspecified atom stereocenters. The summed E-state index contributed by atoms with van der Waals surface area (Å²) in [6, 6.07) is 9.57. The zero-order valence-corrected chi connectivity index (χ0v) is 22.1. The minimum atomic E-state index is -0.598. The van der Waals surface area contributed by atoms with E-state index >= 15 is 0 Å². The number of nitrogens with one attached hydrogen (secondary N) is 1. The van der Waals surface area contributed by atoms with Gasteiger partial charge in [0.05, 0.1) is 6.42 Å². The highest BCUT2D eigenvalue weighted by molar-refractivity contribution is 5.91. The lowest BCUT2D eigenvalue weighted by Gasteiger charge is -2.28. The summed E-state index contributed by atoms with van der Waals surface area (Å²) in [5.74, 6) is 0.339. The van der Waals surface area contributed by atoms with Gasteiger partial charge in [0.25, 0.3) is 6.47 Å². The lowest BCUT2D eigenvalue weighted by Crippen LogP contribution is -2.27. The highest BCUT2D eigenvalue weighted by Crippen LogP contribution is 2.39. The van der Waals surface area contributed by atoms with E-state index in [1.165, 1.54) is 6.92 Å². The molecule has 2 N–H and O–H groups in total. The molecule has 0 aliphatic rings. The number of aromatic nitrogens is 1. The van der Waals surface area contributed by atoms with E-state index in [2.05, 4.69) is 9.88 Å². The normalized spacial score (nSPS) is 11.1. The van der Waals surface area contributed by atoms with E-state index in [1.54, 1.807) is 0 Å². The molecule has 0 saturated heterocycles. The lowest BCUT2D eigenvalue weighted by atomic mass is 9.78. The molecule has 0 bridgehead atoms. The van der Waals surface area contributed by atoms with Crippen LogP contribution < -0.4 is 9.47 Å². The summed E-state index contributed by atoms with van der Waals surface area (Å²) >= 11 is 0. The fourth-order valence-electron chi connectivity index (χ4n) is 4.49. The number of carbonyl (C=O) groups is 3. The highest BCUT2D eigenvalue weighted by atomic mass is 16.5. The van der Waals surface area contributed by atoms with Crippen molar-refractivity contribution in [2.75, 3.05) is 20.6 Å². The fourth-order valence-corrected chi connectivity index (χ4v) is 4.49. The number of hydrogen-bond acceptors (Lipinski definition) is 6. The van der Waals surface area contributed by atoms with Crippen LogP contribution in [-0.4, -0.2) is 54.0 Å². The summed E-state index contributed by atoms with van der Waals surface area (Å²) in [5.41, 5.74) is 4.27. The minimum absolute atomic E-state index is 0.138. The van der Waals surface area contributed by atoms with E-state index in [0.29, 0.717) is 11.5 Å². The van der Waals surface area contributed by atoms with Crippen molar-refractivity contribution in [3.05, 3.63) is 58.8 Å². The fraction of sp³-hybridized carbons (Fsp3) is 0.393. The van der Waals surface area contributed by atoms with Gasteiger partial charge < -0.3 is 24.5 Å². The zero-order valence-electron chi connectivity index (χ0n) is 22.1. The van der Waals surface area contributed by atoms with Crippen molar-refractivity contribution in [1.29, 1.82) is 0 Å². The molecule has 0 atom stereocenters. The monoisotopic (exact) mass is 496 g/mol. The van der Waals surface area contributed by atoms with Crippen LogP contribution in [0.3, 0.4) is 0 Å². The van der Waals surface area contributed by atoms with Gasteiger partial charge in [-0.05, 0) is 69.3 Å². The standard InChI is InChI=1S/C27H34N2O4.CH2O2/c1-17-13-18(2)26(23(14-17)32-19(3)30)27(4,5)15-24(31)33-22-10-8-9-21-25(22)20(16-28-21)11-12-29(6)7;2-1-3/h8-10,13-14,16,28H,11-12,15H2,1-7H3;1H,(H,2,3). The number of benzene rings is 2. The number of fused-ring (bicyclic) bond motifs is 1. The summed E-state index contributed by atoms with van der Waals surface area (Å²) in [5, 5.41) is 7.83. The first-order valence-corrected chi connectivity index (χ1v) is 11.7. The summed E-state index contributed by atoms with van der Waals surface area (Å²) in [7, 11) is 4.07. The first kappa shape index (κ1) is 28.6. The van der Waals surface area contributed by atoms with Gasteiger partial charge in [-0.15, -0.1) is 0 Å². The van der Waals surface area contributed by atoms with Crippen LogP contribution in [0.5, 0.6) is 11.5 Å². The van der Waals surface area contributed by atoms with E-state index < -0.39 is 5.41 Å². The van der Waals surface area contributed by atoms with Gasteiger partial charge in [0, 0.05) is 41.5 Å². The van der Waals surface area contributed by atoms with Gasteiger partial charge in [-0.25, -0.2) is 0 Å². The van der Waals surface area contributed by atoms with Gasteiger partial charge in [-0.2, -0.15) is 0 Å². The number of nitrogens with zero attached hydrogens (tertiary/aromatic N) is 1. The quantitative estimate of drug-likeness (QED) is 0.262. The number of aryl methyl sites for hydroxylation is 2. The van der Waals surface area contributed by atoms with E-state index in [1.807, 2.05) is 78.3 Å². The number of rotatable bonds is 8. The Bertz CT molecular complexity index is 1230. The van der Waals surface area contributed by atoms with Gasteiger partial charge in [-0.1, -0.05) is 26.0 Å². The zero-order chi connectivity index (χ0) is 27.0. The first-order valence-electron chi connectivity index (χ1n) is 11.7. The van der Waals surface area contributed by atoms with Gasteiger partial charge in [0.15, 0.2) is 0 Å². The maximum Gasteiger partial charge on any atom is 0.312 e. The van der Waals surface area contributed by atoms with Crippen molar-refractivity contribution in [3.8, 4) is 11.5 Å². The number of aromatic amines is 1. The first-order chi connectivity index (χ1) is 16.9. The maximum absolute atomic E-state index is 13.1. The number of carbonyl (C=O) groups excluding carboxylic acids is 2. The van der Waals surface area contributed by atoms with Crippen LogP contribution in [0.15, 0.2) is 36.5 Å². The second-order valence-electron chi connectivity index (χ2n) is 9.73. The van der Waals surface area contributed by atoms with Gasteiger partial charge >= 0.3 is 11.9 Å². The molecule has 0 aliphatic carbocycles. The predicted molar refractivity (Wildman–Crippen MR) is 140 cm³/mol. The average Bonchev–Trinajstić information content (AvgIpc) is 3.15. The largest absolute Gasteiger partial charge is 0.483 e. The number of hydrogen-bond donors (Lipinski definition) is 2. The smallest absolute Gasteiger partial charge is 0.312 e. The molecule has 8 heteroatoms. The Morgan fingerprint density at radius 1 is 1.11 bits per heavy atom. The molecule has 2 aromatic carbocycles. The Morgan fingerprint density at radius 2 is 1.78 bits per heavy atom. The molecule has 1 heterocycles. The Morgan fingerprint density at radius 3 is 2.39 bits per heavy atom. The van der Waals surface area contributed by atoms with E-state index in [0.717, 1.165) is 46.1 Å². The van der Waals surface area contributed by atoms with Crippen LogP contribution in [0.2, 0.25) is 0 Å². The van der Waals surface area contributed by atoms with Gasteiger partial charge in [0.2, 0.25) is 0 Å². The predicted octanol–water partition coefficient (Wildman–Crippen LogP) is 4.79. The number of ether oxygens (including phenoxy) is 2. The molecule has 3 aromatic rings. The topological polar surface area (TPSA) is 109 Å². The van der Waals surface area contributed by atoms with Crippen molar-refractivity contribution in [2.24, 2.45) is 0 Å². The molecule has 194 valence electrons. The van der Waals surface area contributed by atoms with Crippen molar-refractivity contribution < 1.29 is 29.0 Å². The Hall–Kier alpha value is -3.65. The third-order valence-electron chi connectivity index (χ3n) is 5.76. The molecule has 36 heavy (non-hydrogen) atoms. The second kappa shape index (κ2) is 12.4. The molecular weight excluding hydrogens is 460 g/mol. The lowest BCUT2D eigenvalue weighted by molar-refractivity contribution is -0.135. The molecular formula is C28H36N2O6. The molecule has 0 radical (unpaired) electrons. The molecule has 0 aliphatic heterocycles. The SMILES string of the molecule is CC(=O)Oc1cc(C)cc(C)c1C(C)(C)CC(=O)Oc1cccc2[nH]cc(CCN(C)C)c12.O=CO. The minimum Gasteiger partial charge on any atom is -0.483 e. The van der Waals surface area contributed by atoms with E-state index in [4.69, 9.17) is 19.4 Å². The van der Waals surface area contributed by atoms with Gasteiger partial charge in [-0.3, -0.25) is 14.4 Å². The maximum atomic E-state index is 13.1. The second-order valence-corrected chi connectivity index (χ2v) is 9.73. The molecule has 0 amide bonds. The van der Waals surface area contributed by atoms with Gasteiger partial charge in [0.1, 0.15) is 11.5 Å². The Balaban J connectivity index is 0.00000145. The van der Waals surface area contributed by atoms with Crippen LogP contribution in [0, 0.1) is 13.8 Å². The van der Waals surface area contributed by atoms with Crippen molar-refractivity contribution >= 4 is 29.3 Å². The van der Waals surface area contributed by atoms with Crippen molar-refractivity contribution in [3.63, 3.8) is 0 Å². The van der Waals surface area contributed by atoms with Crippen LogP contribution in [0.25, 0.3) is 10.9 Å². The molecule has 8 nitrogen and oxygen atoms in total.